The fourth-order valence-electron chi connectivity index (χ4n) is 4.89. The molecule has 0 amide bonds. The number of hydrogen-bond donors (Lipinski definition) is 1. The van der Waals surface area contributed by atoms with E-state index in [1.165, 1.54) is 6.20 Å². The van der Waals surface area contributed by atoms with E-state index in [9.17, 15) is 13.6 Å². The number of alkyl halides is 2. The minimum absolute atomic E-state index is 0.0439. The highest BCUT2D eigenvalue weighted by molar-refractivity contribution is 5.95. The fourth-order valence-corrected chi connectivity index (χ4v) is 4.89. The number of carbonyl (C=O) groups excluding carboxylic acids is 1. The van der Waals surface area contributed by atoms with Crippen LogP contribution in [0.2, 0.25) is 0 Å². The molecule has 1 fully saturated rings. The Morgan fingerprint density at radius 3 is 2.59 bits per heavy atom. The molecule has 2 aromatic rings. The molecule has 2 N–H and O–H groups in total. The second-order valence-corrected chi connectivity index (χ2v) is 9.16. The molecule has 0 aliphatic carbocycles. The highest BCUT2D eigenvalue weighted by Crippen LogP contribution is 2.62. The molecule has 11 heteroatoms. The van der Waals surface area contributed by atoms with Gasteiger partial charge >= 0.3 is 0 Å². The number of ether oxygens (including phenoxy) is 4. The summed E-state index contributed by atoms with van der Waals surface area (Å²) in [5.74, 6) is 0.296. The van der Waals surface area contributed by atoms with E-state index in [4.69, 9.17) is 29.7 Å². The molecule has 4 heterocycles. The van der Waals surface area contributed by atoms with Gasteiger partial charge in [0.05, 0.1) is 31.0 Å². The first-order valence-electron chi connectivity index (χ1n) is 10.8. The normalized spacial score (nSPS) is 23.6. The van der Waals surface area contributed by atoms with Gasteiger partial charge in [0.15, 0.2) is 12.4 Å². The van der Waals surface area contributed by atoms with E-state index < -0.39 is 29.6 Å². The van der Waals surface area contributed by atoms with Crippen LogP contribution in [0.15, 0.2) is 35.6 Å². The number of aromatic nitrogens is 2. The van der Waals surface area contributed by atoms with Crippen molar-refractivity contribution in [1.82, 2.24) is 9.97 Å². The number of hydrogen-bond acceptors (Lipinski definition) is 9. The lowest BCUT2D eigenvalue weighted by molar-refractivity contribution is -0.247. The summed E-state index contributed by atoms with van der Waals surface area (Å²) in [6.07, 6.45) is -0.213. The maximum Gasteiger partial charge on any atom is 0.283 e. The van der Waals surface area contributed by atoms with Crippen molar-refractivity contribution >= 4 is 11.8 Å². The Balaban J connectivity index is 1.43. The van der Waals surface area contributed by atoms with Gasteiger partial charge in [-0.25, -0.2) is 23.7 Å². The van der Waals surface area contributed by atoms with Crippen LogP contribution in [-0.4, -0.2) is 60.2 Å². The standard InChI is InChI=1S/C23H24F2N4O5/c1-21(2)22(10-31-11-22)23(12-33-20(26)29-23)14-5-13(3-4-17(14)34-21)6-16(30)15-7-28-19(8-27-15)32-9-18(24)25/h3-5,7-8,18H,6,9-12H2,1-2H3,(H2,26,29). The van der Waals surface area contributed by atoms with Crippen molar-refractivity contribution in [2.24, 2.45) is 16.1 Å². The van der Waals surface area contributed by atoms with Gasteiger partial charge in [0.2, 0.25) is 5.88 Å². The van der Waals surface area contributed by atoms with Gasteiger partial charge in [-0.3, -0.25) is 4.79 Å². The molecule has 2 spiro atoms. The summed E-state index contributed by atoms with van der Waals surface area (Å²) in [6, 6.07) is 5.64. The quantitative estimate of drug-likeness (QED) is 0.634. The zero-order valence-electron chi connectivity index (χ0n) is 18.7. The summed E-state index contributed by atoms with van der Waals surface area (Å²) in [5.41, 5.74) is 5.72. The van der Waals surface area contributed by atoms with Crippen LogP contribution < -0.4 is 15.2 Å². The second kappa shape index (κ2) is 7.86. The van der Waals surface area contributed by atoms with Crippen molar-refractivity contribution in [3.05, 3.63) is 47.4 Å². The van der Waals surface area contributed by atoms with Crippen molar-refractivity contribution < 1.29 is 32.5 Å². The van der Waals surface area contributed by atoms with E-state index in [1.807, 2.05) is 32.0 Å². The van der Waals surface area contributed by atoms with Crippen molar-refractivity contribution in [2.75, 3.05) is 26.4 Å². The third-order valence-electron chi connectivity index (χ3n) is 6.86. The van der Waals surface area contributed by atoms with E-state index in [0.29, 0.717) is 19.0 Å². The van der Waals surface area contributed by atoms with Crippen LogP contribution in [0, 0.1) is 5.41 Å². The van der Waals surface area contributed by atoms with E-state index in [-0.39, 0.29) is 36.4 Å². The Morgan fingerprint density at radius 1 is 1.21 bits per heavy atom. The predicted octanol–water partition coefficient (Wildman–Crippen LogP) is 2.27. The zero-order valence-corrected chi connectivity index (χ0v) is 18.7. The Kier molecular flexibility index (Phi) is 5.19. The summed E-state index contributed by atoms with van der Waals surface area (Å²) in [6.45, 7) is 4.37. The topological polar surface area (TPSA) is 118 Å². The highest BCUT2D eigenvalue weighted by atomic mass is 19.3. The Bertz CT molecular complexity index is 1150. The van der Waals surface area contributed by atoms with Gasteiger partial charge in [-0.1, -0.05) is 6.07 Å². The van der Waals surface area contributed by atoms with E-state index in [1.54, 1.807) is 0 Å². The van der Waals surface area contributed by atoms with Crippen LogP contribution >= 0.6 is 0 Å². The first-order chi connectivity index (χ1) is 16.2. The third kappa shape index (κ3) is 3.37. The number of nitrogens with zero attached hydrogens (tertiary/aromatic N) is 3. The second-order valence-electron chi connectivity index (χ2n) is 9.16. The van der Waals surface area contributed by atoms with Crippen molar-refractivity contribution in [2.45, 2.75) is 37.8 Å². The number of carbonyl (C=O) groups is 1. The first-order valence-corrected chi connectivity index (χ1v) is 10.8. The van der Waals surface area contributed by atoms with E-state index >= 15 is 0 Å². The van der Waals surface area contributed by atoms with Crippen molar-refractivity contribution in [3.8, 4) is 11.6 Å². The molecule has 5 rings (SSSR count). The van der Waals surface area contributed by atoms with Gasteiger partial charge in [-0.15, -0.1) is 0 Å². The summed E-state index contributed by atoms with van der Waals surface area (Å²) in [4.78, 5) is 25.5. The first kappa shape index (κ1) is 22.5. The lowest BCUT2D eigenvalue weighted by atomic mass is 9.55. The lowest BCUT2D eigenvalue weighted by Crippen LogP contribution is -2.71. The van der Waals surface area contributed by atoms with Crippen LogP contribution in [0.25, 0.3) is 0 Å². The molecule has 1 saturated heterocycles. The smallest absolute Gasteiger partial charge is 0.283 e. The van der Waals surface area contributed by atoms with Gasteiger partial charge in [0.25, 0.3) is 12.4 Å². The molecule has 180 valence electrons. The number of rotatable bonds is 6. The van der Waals surface area contributed by atoms with Crippen molar-refractivity contribution in [1.29, 1.82) is 0 Å². The molecular weight excluding hydrogens is 450 g/mol. The minimum Gasteiger partial charge on any atom is -0.487 e. The summed E-state index contributed by atoms with van der Waals surface area (Å²) < 4.78 is 47.0. The Labute approximate surface area is 194 Å². The van der Waals surface area contributed by atoms with E-state index in [2.05, 4.69) is 9.97 Å². The summed E-state index contributed by atoms with van der Waals surface area (Å²) >= 11 is 0. The average molecular weight is 474 g/mol. The summed E-state index contributed by atoms with van der Waals surface area (Å²) in [5, 5.41) is 0. The largest absolute Gasteiger partial charge is 0.487 e. The number of Topliss-reactive ketones (excluding diaryl/α,β-unsaturated/α-hetero) is 1. The number of halogens is 2. The maximum absolute atomic E-state index is 12.8. The number of amidine groups is 1. The molecule has 34 heavy (non-hydrogen) atoms. The minimum atomic E-state index is -2.62. The average Bonchev–Trinajstić information content (AvgIpc) is 3.13. The number of nitrogens with two attached hydrogens (primary N) is 1. The van der Waals surface area contributed by atoms with Gasteiger partial charge in [0.1, 0.15) is 29.2 Å². The monoisotopic (exact) mass is 474 g/mol. The van der Waals surface area contributed by atoms with Crippen LogP contribution in [0.1, 0.15) is 35.5 Å². The third-order valence-corrected chi connectivity index (χ3v) is 6.86. The Hall–Kier alpha value is -3.34. The molecule has 1 aromatic carbocycles. The molecule has 9 nitrogen and oxygen atoms in total. The van der Waals surface area contributed by atoms with E-state index in [0.717, 1.165) is 17.3 Å². The van der Waals surface area contributed by atoms with Gasteiger partial charge in [0, 0.05) is 12.0 Å². The van der Waals surface area contributed by atoms with Crippen molar-refractivity contribution in [3.63, 3.8) is 0 Å². The number of ketones is 1. The molecule has 1 unspecified atom stereocenters. The van der Waals surface area contributed by atoms with Gasteiger partial charge < -0.3 is 24.7 Å². The molecule has 3 aliphatic heterocycles. The molecular formula is C23H24F2N4O5. The van der Waals surface area contributed by atoms with Crippen LogP contribution in [0.4, 0.5) is 8.78 Å². The van der Waals surface area contributed by atoms with Crippen LogP contribution in [0.5, 0.6) is 11.6 Å². The van der Waals surface area contributed by atoms with Gasteiger partial charge in [-0.05, 0) is 31.5 Å². The molecule has 3 aliphatic rings. The molecule has 1 aromatic heterocycles. The molecule has 0 radical (unpaired) electrons. The predicted molar refractivity (Wildman–Crippen MR) is 115 cm³/mol. The maximum atomic E-state index is 12.8. The van der Waals surface area contributed by atoms with Crippen LogP contribution in [0.3, 0.4) is 0 Å². The number of benzene rings is 1. The molecule has 0 saturated carbocycles. The van der Waals surface area contributed by atoms with Gasteiger partial charge in [-0.2, -0.15) is 0 Å². The van der Waals surface area contributed by atoms with Crippen LogP contribution in [-0.2, 0) is 21.4 Å². The number of aliphatic imine (C=N–C) groups is 1. The zero-order chi connectivity index (χ0) is 24.1. The molecule has 0 bridgehead atoms. The Morgan fingerprint density at radius 2 is 2.00 bits per heavy atom. The lowest BCUT2D eigenvalue weighted by Gasteiger charge is -2.61. The fraction of sp³-hybridized carbons (Fsp3) is 0.478. The highest BCUT2D eigenvalue weighted by Gasteiger charge is 2.71. The summed E-state index contributed by atoms with van der Waals surface area (Å²) in [7, 11) is 0. The molecule has 1 atom stereocenters. The SMILES string of the molecule is CC1(C)Oc2ccc(CC(=O)c3cnc(OCC(F)F)cn3)cc2C2(COC(N)=N2)C12COC2. The number of fused-ring (bicyclic) bond motifs is 3.